The molecule has 1 fully saturated rings. The Morgan fingerprint density at radius 3 is 2.47 bits per heavy atom. The molecule has 1 saturated carbocycles. The molecular formula is C36H34F5N5O3. The third-order valence-corrected chi connectivity index (χ3v) is 9.23. The van der Waals surface area contributed by atoms with E-state index < -0.39 is 40.8 Å². The number of carbonyl (C=O) groups excluding carboxylic acids is 2. The van der Waals surface area contributed by atoms with Gasteiger partial charge < -0.3 is 24.7 Å². The summed E-state index contributed by atoms with van der Waals surface area (Å²) in [5, 5.41) is 15.0. The van der Waals surface area contributed by atoms with E-state index >= 15 is 8.78 Å². The maximum absolute atomic E-state index is 15.1. The van der Waals surface area contributed by atoms with Crippen LogP contribution in [0.2, 0.25) is 0 Å². The molecular weight excluding hydrogens is 645 g/mol. The number of nitrogens with zero attached hydrogens (tertiary/aromatic N) is 3. The molecule has 5 aromatic rings. The van der Waals surface area contributed by atoms with Crippen LogP contribution in [-0.4, -0.2) is 49.9 Å². The fourth-order valence-electron chi connectivity index (χ4n) is 6.58. The average Bonchev–Trinajstić information content (AvgIpc) is 3.63. The predicted octanol–water partition coefficient (Wildman–Crippen LogP) is 6.96. The zero-order valence-electron chi connectivity index (χ0n) is 26.7. The van der Waals surface area contributed by atoms with Crippen LogP contribution in [-0.2, 0) is 18.0 Å². The van der Waals surface area contributed by atoms with Gasteiger partial charge in [0.1, 0.15) is 23.1 Å². The van der Waals surface area contributed by atoms with Crippen molar-refractivity contribution in [2.75, 3.05) is 18.5 Å². The monoisotopic (exact) mass is 679 g/mol. The predicted molar refractivity (Wildman–Crippen MR) is 175 cm³/mol. The third kappa shape index (κ3) is 6.73. The summed E-state index contributed by atoms with van der Waals surface area (Å²) in [7, 11) is 1.63. The lowest BCUT2D eigenvalue weighted by Gasteiger charge is -2.30. The molecule has 6 rings (SSSR count). The van der Waals surface area contributed by atoms with Crippen LogP contribution >= 0.6 is 0 Å². The van der Waals surface area contributed by atoms with Crippen LogP contribution in [0.25, 0.3) is 27.7 Å². The first kappa shape index (κ1) is 34.0. The van der Waals surface area contributed by atoms with Gasteiger partial charge in [0.05, 0.1) is 27.8 Å². The normalized spacial score (nSPS) is 17.0. The molecule has 256 valence electrons. The Morgan fingerprint density at radius 1 is 1.02 bits per heavy atom. The SMILES string of the molecule is Cc1nc2cc(-c3cccn4c(C(=O)c5cc(F)c(NC(=O)/C=C/CNC6CCCCC6CO)c(F)c5)ccc34)c(C(F)(F)F)cc2n1C. The number of pyridine rings is 1. The van der Waals surface area contributed by atoms with Crippen LogP contribution in [0.4, 0.5) is 27.6 Å². The van der Waals surface area contributed by atoms with Gasteiger partial charge in [0.2, 0.25) is 11.7 Å². The Bertz CT molecular complexity index is 2080. The number of aliphatic hydroxyl groups is 1. The minimum absolute atomic E-state index is 0.0346. The Morgan fingerprint density at radius 2 is 1.76 bits per heavy atom. The maximum Gasteiger partial charge on any atom is 0.417 e. The van der Waals surface area contributed by atoms with Crippen molar-refractivity contribution in [3.05, 3.63) is 101 Å². The second kappa shape index (κ2) is 13.6. The molecule has 3 N–H and O–H groups in total. The summed E-state index contributed by atoms with van der Waals surface area (Å²) in [5.74, 6) is -3.23. The topological polar surface area (TPSA) is 101 Å². The van der Waals surface area contributed by atoms with E-state index in [1.165, 1.54) is 47.0 Å². The minimum Gasteiger partial charge on any atom is -0.396 e. The number of ketones is 1. The van der Waals surface area contributed by atoms with Gasteiger partial charge in [0, 0.05) is 49.6 Å². The van der Waals surface area contributed by atoms with Crippen molar-refractivity contribution in [2.24, 2.45) is 13.0 Å². The number of aromatic nitrogens is 3. The average molecular weight is 680 g/mol. The lowest BCUT2D eigenvalue weighted by molar-refractivity contribution is -0.137. The summed E-state index contributed by atoms with van der Waals surface area (Å²) < 4.78 is 76.1. The Kier molecular flexibility index (Phi) is 9.41. The number of benzene rings is 2. The summed E-state index contributed by atoms with van der Waals surface area (Å²) in [6, 6.07) is 9.95. The molecule has 3 heterocycles. The standard InChI is InChI=1S/C36H34F5N5O3/c1-20-43-29-17-24(25(36(39,40)41)18-32(29)45(20)2)23-8-6-14-46-30(23)11-12-31(46)35(49)22-15-26(37)34(27(38)16-22)44-33(48)10-5-13-42-28-9-4-3-7-21(28)19-47/h5-6,8,10-12,14-18,21,28,42,47H,3-4,7,9,13,19H2,1-2H3,(H,44,48)/b10-5+. The van der Waals surface area contributed by atoms with E-state index in [2.05, 4.69) is 15.6 Å². The molecule has 0 spiro atoms. The molecule has 1 amide bonds. The van der Waals surface area contributed by atoms with Crippen LogP contribution in [0.15, 0.2) is 66.9 Å². The maximum atomic E-state index is 15.1. The number of fused-ring (bicyclic) bond motifs is 2. The lowest BCUT2D eigenvalue weighted by Crippen LogP contribution is -2.40. The first-order valence-electron chi connectivity index (χ1n) is 15.9. The van der Waals surface area contributed by atoms with E-state index in [1.54, 1.807) is 18.5 Å². The van der Waals surface area contributed by atoms with E-state index in [0.717, 1.165) is 50.0 Å². The van der Waals surface area contributed by atoms with Gasteiger partial charge >= 0.3 is 6.18 Å². The van der Waals surface area contributed by atoms with Crippen molar-refractivity contribution in [2.45, 2.75) is 44.8 Å². The van der Waals surface area contributed by atoms with Crippen molar-refractivity contribution < 1.29 is 36.6 Å². The number of rotatable bonds is 9. The van der Waals surface area contributed by atoms with Gasteiger partial charge in [-0.25, -0.2) is 13.8 Å². The van der Waals surface area contributed by atoms with Crippen molar-refractivity contribution in [3.8, 4) is 11.1 Å². The van der Waals surface area contributed by atoms with Crippen LogP contribution in [0.3, 0.4) is 0 Å². The molecule has 1 aliphatic carbocycles. The molecule has 2 atom stereocenters. The van der Waals surface area contributed by atoms with Gasteiger partial charge in [-0.1, -0.05) is 25.0 Å². The molecule has 0 saturated heterocycles. The number of hydrogen-bond donors (Lipinski definition) is 3. The van der Waals surface area contributed by atoms with E-state index in [9.17, 15) is 27.9 Å². The Labute approximate surface area is 278 Å². The highest BCUT2D eigenvalue weighted by molar-refractivity contribution is 6.09. The highest BCUT2D eigenvalue weighted by atomic mass is 19.4. The van der Waals surface area contributed by atoms with Gasteiger partial charge in [0.25, 0.3) is 0 Å². The molecule has 0 radical (unpaired) electrons. The van der Waals surface area contributed by atoms with Crippen LogP contribution in [0.1, 0.15) is 53.1 Å². The first-order valence-corrected chi connectivity index (χ1v) is 15.9. The fourth-order valence-corrected chi connectivity index (χ4v) is 6.58. The lowest BCUT2D eigenvalue weighted by atomic mass is 9.85. The number of halogens is 5. The van der Waals surface area contributed by atoms with E-state index in [1.807, 2.05) is 0 Å². The molecule has 3 aromatic heterocycles. The largest absolute Gasteiger partial charge is 0.417 e. The van der Waals surface area contributed by atoms with Gasteiger partial charge in [0.15, 0.2) is 0 Å². The summed E-state index contributed by atoms with van der Waals surface area (Å²) in [5.41, 5.74) is -0.992. The van der Waals surface area contributed by atoms with Crippen molar-refractivity contribution in [3.63, 3.8) is 0 Å². The smallest absolute Gasteiger partial charge is 0.396 e. The molecule has 13 heteroatoms. The zero-order valence-corrected chi connectivity index (χ0v) is 26.7. The highest BCUT2D eigenvalue weighted by Crippen LogP contribution is 2.41. The van der Waals surface area contributed by atoms with E-state index in [-0.39, 0.29) is 46.5 Å². The number of carbonyl (C=O) groups is 2. The van der Waals surface area contributed by atoms with Crippen molar-refractivity contribution in [1.82, 2.24) is 19.3 Å². The Balaban J connectivity index is 1.23. The molecule has 1 aliphatic rings. The number of imidazole rings is 1. The number of aliphatic hydroxyl groups excluding tert-OH is 1. The van der Waals surface area contributed by atoms with Gasteiger partial charge in [-0.2, -0.15) is 13.2 Å². The number of anilines is 1. The summed E-state index contributed by atoms with van der Waals surface area (Å²) in [4.78, 5) is 30.3. The summed E-state index contributed by atoms with van der Waals surface area (Å²) >= 11 is 0. The van der Waals surface area contributed by atoms with E-state index in [4.69, 9.17) is 0 Å². The number of amides is 1. The number of hydrogen-bond acceptors (Lipinski definition) is 5. The highest BCUT2D eigenvalue weighted by Gasteiger charge is 2.35. The number of alkyl halides is 3. The van der Waals surface area contributed by atoms with Gasteiger partial charge in [-0.3, -0.25) is 9.59 Å². The van der Waals surface area contributed by atoms with Crippen LogP contribution < -0.4 is 10.6 Å². The second-order valence-electron chi connectivity index (χ2n) is 12.3. The van der Waals surface area contributed by atoms with Crippen LogP contribution in [0.5, 0.6) is 0 Å². The van der Waals surface area contributed by atoms with Crippen LogP contribution in [0, 0.1) is 24.5 Å². The molecule has 0 aliphatic heterocycles. The molecule has 2 aromatic carbocycles. The van der Waals surface area contributed by atoms with Gasteiger partial charge in [-0.15, -0.1) is 0 Å². The quantitative estimate of drug-likeness (QED) is 0.0889. The molecule has 0 bridgehead atoms. The fraction of sp³-hybridized carbons (Fsp3) is 0.306. The minimum atomic E-state index is -4.70. The number of aryl methyl sites for hydroxylation is 2. The Hall–Kier alpha value is -4.88. The van der Waals surface area contributed by atoms with Gasteiger partial charge in [-0.05, 0) is 73.7 Å². The van der Waals surface area contributed by atoms with Crippen molar-refractivity contribution in [1.29, 1.82) is 0 Å². The second-order valence-corrected chi connectivity index (χ2v) is 12.3. The van der Waals surface area contributed by atoms with Crippen molar-refractivity contribution >= 4 is 33.9 Å². The first-order chi connectivity index (χ1) is 23.4. The number of nitrogens with one attached hydrogen (secondary N) is 2. The molecule has 49 heavy (non-hydrogen) atoms. The third-order valence-electron chi connectivity index (χ3n) is 9.23. The van der Waals surface area contributed by atoms with E-state index in [0.29, 0.717) is 23.4 Å². The molecule has 2 unspecified atom stereocenters. The molecule has 8 nitrogen and oxygen atoms in total. The summed E-state index contributed by atoms with van der Waals surface area (Å²) in [6.45, 7) is 2.09. The zero-order chi connectivity index (χ0) is 35.0. The summed E-state index contributed by atoms with van der Waals surface area (Å²) in [6.07, 6.45) is 3.37.